The zero-order chi connectivity index (χ0) is 15.6. The van der Waals surface area contributed by atoms with E-state index in [0.29, 0.717) is 11.7 Å². The summed E-state index contributed by atoms with van der Waals surface area (Å²) >= 11 is 9.65. The molecule has 0 unspecified atom stereocenters. The molecule has 0 aliphatic heterocycles. The molecular weight excluding hydrogens is 350 g/mol. The van der Waals surface area contributed by atoms with Crippen LogP contribution in [0.1, 0.15) is 17.0 Å². The maximum Gasteiger partial charge on any atom is 0.195 e. The van der Waals surface area contributed by atoms with Gasteiger partial charge in [0.1, 0.15) is 5.76 Å². The van der Waals surface area contributed by atoms with E-state index in [1.54, 1.807) is 28.9 Å². The van der Waals surface area contributed by atoms with Crippen molar-refractivity contribution in [3.05, 3.63) is 69.0 Å². The average Bonchev–Trinajstić information content (AvgIpc) is 3.28. The predicted molar refractivity (Wildman–Crippen MR) is 94.1 cm³/mol. The van der Waals surface area contributed by atoms with Crippen LogP contribution in [-0.4, -0.2) is 14.3 Å². The molecule has 0 N–H and O–H groups in total. The molecule has 0 atom stereocenters. The van der Waals surface area contributed by atoms with Gasteiger partial charge in [0.25, 0.3) is 0 Å². The third-order valence-corrected chi connectivity index (χ3v) is 5.42. The van der Waals surface area contributed by atoms with E-state index < -0.39 is 0 Å². The number of halogens is 1. The number of fused-ring (bicyclic) bond motifs is 1. The number of imidazole rings is 1. The number of thiazole rings is 1. The number of rotatable bonds is 6. The summed E-state index contributed by atoms with van der Waals surface area (Å²) in [6, 6.07) is 6.07. The zero-order valence-electron chi connectivity index (χ0n) is 12.2. The third-order valence-electron chi connectivity index (χ3n) is 3.63. The first kappa shape index (κ1) is 15.0. The highest BCUT2D eigenvalue weighted by atomic mass is 35.5. The van der Waals surface area contributed by atoms with E-state index in [-0.39, 0.29) is 0 Å². The van der Waals surface area contributed by atoms with Gasteiger partial charge in [-0.25, -0.2) is 4.98 Å². The second kappa shape index (κ2) is 6.49. The molecule has 0 aromatic carbocycles. The number of thiophene rings is 1. The van der Waals surface area contributed by atoms with Gasteiger partial charge in [0.05, 0.1) is 18.5 Å². The molecule has 0 fully saturated rings. The molecule has 118 valence electrons. The lowest BCUT2D eigenvalue weighted by atomic mass is 10.2. The SMILES string of the molecule is Clc1nc2sccn2c1CN(Cc1ccsc1)Cc1ccco1. The summed E-state index contributed by atoms with van der Waals surface area (Å²) in [5.74, 6) is 0.947. The lowest BCUT2D eigenvalue weighted by molar-refractivity contribution is 0.224. The van der Waals surface area contributed by atoms with Crippen LogP contribution in [0.15, 0.2) is 51.2 Å². The van der Waals surface area contributed by atoms with Gasteiger partial charge in [0.2, 0.25) is 0 Å². The van der Waals surface area contributed by atoms with E-state index >= 15 is 0 Å². The molecule has 0 aliphatic rings. The van der Waals surface area contributed by atoms with Gasteiger partial charge in [-0.05, 0) is 34.5 Å². The molecule has 7 heteroatoms. The van der Waals surface area contributed by atoms with Crippen molar-refractivity contribution in [2.75, 3.05) is 0 Å². The Morgan fingerprint density at radius 3 is 2.96 bits per heavy atom. The summed E-state index contributed by atoms with van der Waals surface area (Å²) in [5.41, 5.74) is 2.31. The Hall–Kier alpha value is -1.60. The van der Waals surface area contributed by atoms with Crippen molar-refractivity contribution in [1.29, 1.82) is 0 Å². The highest BCUT2D eigenvalue weighted by Crippen LogP contribution is 2.24. The van der Waals surface area contributed by atoms with Crippen LogP contribution in [0.5, 0.6) is 0 Å². The van der Waals surface area contributed by atoms with Crippen LogP contribution in [0, 0.1) is 0 Å². The fourth-order valence-electron chi connectivity index (χ4n) is 2.59. The topological polar surface area (TPSA) is 33.7 Å². The largest absolute Gasteiger partial charge is 0.468 e. The molecule has 0 amide bonds. The average molecular weight is 364 g/mol. The molecule has 0 aliphatic carbocycles. The fraction of sp³-hybridized carbons (Fsp3) is 0.188. The van der Waals surface area contributed by atoms with E-state index in [1.165, 1.54) is 5.56 Å². The Morgan fingerprint density at radius 2 is 2.17 bits per heavy atom. The molecule has 4 rings (SSSR count). The molecule has 0 radical (unpaired) electrons. The van der Waals surface area contributed by atoms with Crippen LogP contribution in [0.3, 0.4) is 0 Å². The van der Waals surface area contributed by atoms with Crippen molar-refractivity contribution in [3.8, 4) is 0 Å². The smallest absolute Gasteiger partial charge is 0.195 e. The van der Waals surface area contributed by atoms with E-state index in [4.69, 9.17) is 16.0 Å². The molecule has 4 heterocycles. The molecule has 0 saturated carbocycles. The van der Waals surface area contributed by atoms with Gasteiger partial charge in [-0.2, -0.15) is 11.3 Å². The second-order valence-corrected chi connectivity index (χ2v) is 7.27. The molecule has 4 nitrogen and oxygen atoms in total. The minimum atomic E-state index is 0.576. The minimum Gasteiger partial charge on any atom is -0.468 e. The first-order valence-corrected chi connectivity index (χ1v) is 9.35. The van der Waals surface area contributed by atoms with E-state index in [1.807, 2.05) is 23.7 Å². The summed E-state index contributed by atoms with van der Waals surface area (Å²) in [4.78, 5) is 7.66. The van der Waals surface area contributed by atoms with Crippen LogP contribution in [0.25, 0.3) is 4.96 Å². The number of hydrogen-bond acceptors (Lipinski definition) is 5. The van der Waals surface area contributed by atoms with Gasteiger partial charge < -0.3 is 4.42 Å². The van der Waals surface area contributed by atoms with Crippen molar-refractivity contribution < 1.29 is 4.42 Å². The number of nitrogens with zero attached hydrogens (tertiary/aromatic N) is 3. The molecule has 0 spiro atoms. The molecule has 0 bridgehead atoms. The number of aromatic nitrogens is 2. The van der Waals surface area contributed by atoms with Crippen molar-refractivity contribution in [3.63, 3.8) is 0 Å². The van der Waals surface area contributed by atoms with Crippen LogP contribution in [0.4, 0.5) is 0 Å². The van der Waals surface area contributed by atoms with Crippen molar-refractivity contribution in [2.45, 2.75) is 19.6 Å². The van der Waals surface area contributed by atoms with Crippen molar-refractivity contribution >= 4 is 39.2 Å². The van der Waals surface area contributed by atoms with Crippen LogP contribution in [-0.2, 0) is 19.6 Å². The summed E-state index contributed by atoms with van der Waals surface area (Å²) in [6.07, 6.45) is 3.73. The summed E-state index contributed by atoms with van der Waals surface area (Å²) in [6.45, 7) is 2.29. The number of furan rings is 1. The van der Waals surface area contributed by atoms with E-state index in [2.05, 4.69) is 31.1 Å². The second-order valence-electron chi connectivity index (χ2n) is 5.26. The molecule has 0 saturated heterocycles. The Kier molecular flexibility index (Phi) is 4.22. The van der Waals surface area contributed by atoms with Gasteiger partial charge in [0.15, 0.2) is 10.1 Å². The Balaban J connectivity index is 1.61. The third kappa shape index (κ3) is 3.21. The monoisotopic (exact) mass is 363 g/mol. The van der Waals surface area contributed by atoms with Crippen molar-refractivity contribution in [2.24, 2.45) is 0 Å². The minimum absolute atomic E-state index is 0.576. The summed E-state index contributed by atoms with van der Waals surface area (Å²) in [7, 11) is 0. The standard InChI is InChI=1S/C16H14ClN3OS2/c17-15-14(20-4-7-23-16(20)18-15)10-19(8-12-3-6-22-11-12)9-13-2-1-5-21-13/h1-7,11H,8-10H2. The Bertz CT molecular complexity index is 844. The van der Waals surface area contributed by atoms with Crippen LogP contribution < -0.4 is 0 Å². The van der Waals surface area contributed by atoms with Crippen molar-refractivity contribution in [1.82, 2.24) is 14.3 Å². The highest BCUT2D eigenvalue weighted by Gasteiger charge is 2.17. The quantitative estimate of drug-likeness (QED) is 0.488. The van der Waals surface area contributed by atoms with E-state index in [0.717, 1.165) is 29.5 Å². The normalized spacial score (nSPS) is 11.7. The summed E-state index contributed by atoms with van der Waals surface area (Å²) in [5, 5.41) is 6.88. The highest BCUT2D eigenvalue weighted by molar-refractivity contribution is 7.15. The molecular formula is C16H14ClN3OS2. The zero-order valence-corrected chi connectivity index (χ0v) is 14.6. The Labute approximate surface area is 146 Å². The maximum atomic E-state index is 6.34. The van der Waals surface area contributed by atoms with Gasteiger partial charge >= 0.3 is 0 Å². The molecule has 23 heavy (non-hydrogen) atoms. The summed E-state index contributed by atoms with van der Waals surface area (Å²) < 4.78 is 7.58. The van der Waals surface area contributed by atoms with Crippen LogP contribution >= 0.6 is 34.3 Å². The lowest BCUT2D eigenvalue weighted by Crippen LogP contribution is -2.22. The lowest BCUT2D eigenvalue weighted by Gasteiger charge is -2.20. The van der Waals surface area contributed by atoms with Gasteiger partial charge in [0, 0.05) is 24.7 Å². The first-order chi connectivity index (χ1) is 11.3. The number of hydrogen-bond donors (Lipinski definition) is 0. The predicted octanol–water partition coefficient (Wildman–Crippen LogP) is 4.91. The molecule has 4 aromatic heterocycles. The van der Waals surface area contributed by atoms with E-state index in [9.17, 15) is 0 Å². The first-order valence-electron chi connectivity index (χ1n) is 7.15. The van der Waals surface area contributed by atoms with Crippen LogP contribution in [0.2, 0.25) is 5.15 Å². The molecule has 4 aromatic rings. The van der Waals surface area contributed by atoms with Gasteiger partial charge in [-0.1, -0.05) is 11.6 Å². The van der Waals surface area contributed by atoms with Gasteiger partial charge in [-0.15, -0.1) is 11.3 Å². The Morgan fingerprint density at radius 1 is 1.22 bits per heavy atom. The fourth-order valence-corrected chi connectivity index (χ4v) is 4.26. The maximum absolute atomic E-state index is 6.34. The van der Waals surface area contributed by atoms with Gasteiger partial charge in [-0.3, -0.25) is 9.30 Å².